The summed E-state index contributed by atoms with van der Waals surface area (Å²) in [4.78, 5) is 2.18. The highest BCUT2D eigenvalue weighted by molar-refractivity contribution is 5.86. The molecule has 0 aliphatic rings. The number of benzene rings is 5. The molecule has 0 amide bonds. The second-order valence-corrected chi connectivity index (χ2v) is 10.2. The lowest BCUT2D eigenvalue weighted by molar-refractivity contribution is 0.411. The zero-order chi connectivity index (χ0) is 30.9. The Balaban J connectivity index is 1.74. The molecule has 0 aliphatic heterocycles. The molecule has 0 bridgehead atoms. The summed E-state index contributed by atoms with van der Waals surface area (Å²) in [6, 6.07) is 41.0. The second kappa shape index (κ2) is 14.2. The van der Waals surface area contributed by atoms with E-state index in [-0.39, 0.29) is 0 Å². The van der Waals surface area contributed by atoms with Gasteiger partial charge in [-0.1, -0.05) is 60.7 Å². The van der Waals surface area contributed by atoms with E-state index >= 15 is 0 Å². The van der Waals surface area contributed by atoms with Gasteiger partial charge in [-0.25, -0.2) is 0 Å². The third-order valence-corrected chi connectivity index (χ3v) is 7.50. The minimum absolute atomic E-state index is 0.805. The lowest BCUT2D eigenvalue weighted by Gasteiger charge is -2.22. The van der Waals surface area contributed by atoms with E-state index in [2.05, 4.69) is 97.0 Å². The van der Waals surface area contributed by atoms with Gasteiger partial charge in [-0.3, -0.25) is 0 Å². The van der Waals surface area contributed by atoms with Crippen LogP contribution in [-0.4, -0.2) is 28.4 Å². The summed E-state index contributed by atoms with van der Waals surface area (Å²) in [6.45, 7) is 2.06. The molecule has 5 rings (SSSR count). The number of nitrogens with zero attached hydrogens (tertiary/aromatic N) is 1. The van der Waals surface area contributed by atoms with Gasteiger partial charge < -0.3 is 23.8 Å². The van der Waals surface area contributed by atoms with E-state index in [9.17, 15) is 0 Å². The smallest absolute Gasteiger partial charge is 0.121 e. The Morgan fingerprint density at radius 1 is 0.477 bits per heavy atom. The highest BCUT2D eigenvalue weighted by Crippen LogP contribution is 2.33. The number of hydrogen-bond acceptors (Lipinski definition) is 5. The van der Waals surface area contributed by atoms with Crippen molar-refractivity contribution in [3.05, 3.63) is 162 Å². The van der Waals surface area contributed by atoms with Gasteiger partial charge in [0.05, 0.1) is 28.4 Å². The molecule has 222 valence electrons. The van der Waals surface area contributed by atoms with Crippen molar-refractivity contribution < 1.29 is 18.9 Å². The summed E-state index contributed by atoms with van der Waals surface area (Å²) in [7, 11) is 6.74. The minimum Gasteiger partial charge on any atom is -0.497 e. The number of ether oxygens (including phenoxy) is 4. The molecule has 5 nitrogen and oxygen atoms in total. The van der Waals surface area contributed by atoms with Crippen molar-refractivity contribution >= 4 is 16.8 Å². The highest BCUT2D eigenvalue weighted by atomic mass is 16.5. The normalized spacial score (nSPS) is 11.0. The maximum Gasteiger partial charge on any atom is 0.121 e. The molecule has 0 atom stereocenters. The van der Waals surface area contributed by atoms with E-state index < -0.39 is 0 Å². The van der Waals surface area contributed by atoms with E-state index in [1.807, 2.05) is 48.5 Å². The van der Waals surface area contributed by atoms with Gasteiger partial charge in [0.2, 0.25) is 0 Å². The number of anilines is 1. The van der Waals surface area contributed by atoms with E-state index in [0.717, 1.165) is 67.6 Å². The van der Waals surface area contributed by atoms with E-state index in [4.69, 9.17) is 18.9 Å². The highest BCUT2D eigenvalue weighted by Gasteiger charge is 2.14. The lowest BCUT2D eigenvalue weighted by atomic mass is 9.96. The summed E-state index contributed by atoms with van der Waals surface area (Å²) < 4.78 is 21.9. The first-order valence-corrected chi connectivity index (χ1v) is 14.4. The monoisotopic (exact) mass is 583 g/mol. The van der Waals surface area contributed by atoms with Crippen molar-refractivity contribution in [2.24, 2.45) is 0 Å². The van der Waals surface area contributed by atoms with Crippen molar-refractivity contribution in [2.75, 3.05) is 33.3 Å². The van der Waals surface area contributed by atoms with Crippen LogP contribution in [-0.2, 0) is 0 Å². The average molecular weight is 584 g/mol. The second-order valence-electron chi connectivity index (χ2n) is 10.2. The Bertz CT molecular complexity index is 1670. The number of para-hydroxylation sites is 1. The first kappa shape index (κ1) is 30.1. The molecule has 0 aromatic heterocycles. The zero-order valence-corrected chi connectivity index (χ0v) is 25.8. The predicted octanol–water partition coefficient (Wildman–Crippen LogP) is 9.01. The molecule has 0 heterocycles. The molecule has 44 heavy (non-hydrogen) atoms. The van der Waals surface area contributed by atoms with Crippen LogP contribution in [0.1, 0.15) is 27.8 Å². The van der Waals surface area contributed by atoms with Crippen molar-refractivity contribution in [3.8, 4) is 23.0 Å². The first-order valence-electron chi connectivity index (χ1n) is 14.4. The van der Waals surface area contributed by atoms with Crippen LogP contribution < -0.4 is 23.8 Å². The standard InChI is InChI=1S/C39H37NO4/c1-28-25-32(17-24-39(28)44-5)38(31-15-22-36(43-4)23-16-31)27-40(33-9-7-6-8-10-33)26-37(29-11-18-34(41-2)19-12-29)30-13-20-35(42-3)21-14-30/h6-27H,1-5H3/b38-27+. The van der Waals surface area contributed by atoms with Gasteiger partial charge in [-0.05, 0) is 95.4 Å². The Labute approximate surface area is 260 Å². The van der Waals surface area contributed by atoms with Crippen LogP contribution in [0, 0.1) is 6.92 Å². The van der Waals surface area contributed by atoms with E-state index in [1.165, 1.54) is 0 Å². The van der Waals surface area contributed by atoms with Crippen LogP contribution in [0.3, 0.4) is 0 Å². The summed E-state index contributed by atoms with van der Waals surface area (Å²) in [5.41, 5.74) is 8.39. The molecule has 5 aromatic carbocycles. The van der Waals surface area contributed by atoms with Gasteiger partial charge >= 0.3 is 0 Å². The van der Waals surface area contributed by atoms with Crippen molar-refractivity contribution in [2.45, 2.75) is 6.92 Å². The maximum absolute atomic E-state index is 5.58. The molecular formula is C39H37NO4. The molecule has 0 saturated carbocycles. The molecule has 0 saturated heterocycles. The number of methoxy groups -OCH3 is 4. The molecule has 5 heteroatoms. The summed E-state index contributed by atoms with van der Waals surface area (Å²) >= 11 is 0. The zero-order valence-electron chi connectivity index (χ0n) is 25.8. The van der Waals surface area contributed by atoms with Gasteiger partial charge in [0.1, 0.15) is 23.0 Å². The maximum atomic E-state index is 5.58. The van der Waals surface area contributed by atoms with Crippen LogP contribution in [0.5, 0.6) is 23.0 Å². The van der Waals surface area contributed by atoms with Crippen LogP contribution in [0.4, 0.5) is 5.69 Å². The van der Waals surface area contributed by atoms with Crippen LogP contribution >= 0.6 is 0 Å². The predicted molar refractivity (Wildman–Crippen MR) is 180 cm³/mol. The molecule has 5 aromatic rings. The topological polar surface area (TPSA) is 40.2 Å². The van der Waals surface area contributed by atoms with E-state index in [0.29, 0.717) is 0 Å². The van der Waals surface area contributed by atoms with Crippen molar-refractivity contribution in [1.82, 2.24) is 0 Å². The fraction of sp³-hybridized carbons (Fsp3) is 0.128. The van der Waals surface area contributed by atoms with Gasteiger partial charge in [0.25, 0.3) is 0 Å². The summed E-state index contributed by atoms with van der Waals surface area (Å²) in [5, 5.41) is 0. The Morgan fingerprint density at radius 2 is 0.886 bits per heavy atom. The Kier molecular flexibility index (Phi) is 9.68. The van der Waals surface area contributed by atoms with Gasteiger partial charge in [-0.15, -0.1) is 0 Å². The largest absolute Gasteiger partial charge is 0.497 e. The Morgan fingerprint density at radius 3 is 1.27 bits per heavy atom. The van der Waals surface area contributed by atoms with Gasteiger partial charge in [0, 0.05) is 29.2 Å². The van der Waals surface area contributed by atoms with Crippen LogP contribution in [0.15, 0.2) is 134 Å². The molecular weight excluding hydrogens is 546 g/mol. The summed E-state index contributed by atoms with van der Waals surface area (Å²) in [6.07, 6.45) is 4.37. The third kappa shape index (κ3) is 6.96. The molecule has 0 unspecified atom stereocenters. The SMILES string of the molecule is COc1ccc(C(=CN(/C=C(\c2ccc(OC)cc2)c2ccc(OC)c(C)c2)c2ccccc2)c2ccc(OC)cc2)cc1. The first-order chi connectivity index (χ1) is 21.5. The quantitative estimate of drug-likeness (QED) is 0.155. The van der Waals surface area contributed by atoms with Gasteiger partial charge in [-0.2, -0.15) is 0 Å². The molecule has 0 fully saturated rings. The lowest BCUT2D eigenvalue weighted by Crippen LogP contribution is -2.11. The molecule has 0 N–H and O–H groups in total. The van der Waals surface area contributed by atoms with Crippen molar-refractivity contribution in [1.29, 1.82) is 0 Å². The van der Waals surface area contributed by atoms with E-state index in [1.54, 1.807) is 28.4 Å². The third-order valence-electron chi connectivity index (χ3n) is 7.50. The fourth-order valence-corrected chi connectivity index (χ4v) is 5.05. The van der Waals surface area contributed by atoms with Crippen LogP contribution in [0.2, 0.25) is 0 Å². The van der Waals surface area contributed by atoms with Gasteiger partial charge in [0.15, 0.2) is 0 Å². The number of rotatable bonds is 11. The molecule has 0 spiro atoms. The minimum atomic E-state index is 0.805. The fourth-order valence-electron chi connectivity index (χ4n) is 5.05. The molecule has 0 radical (unpaired) electrons. The molecule has 0 aliphatic carbocycles. The summed E-state index contributed by atoms with van der Waals surface area (Å²) in [5.74, 6) is 3.27. The number of aryl methyl sites for hydroxylation is 1. The average Bonchev–Trinajstić information content (AvgIpc) is 3.09. The van der Waals surface area contributed by atoms with Crippen molar-refractivity contribution in [3.63, 3.8) is 0 Å². The van der Waals surface area contributed by atoms with Crippen LogP contribution in [0.25, 0.3) is 11.1 Å². The Hall–Kier alpha value is -5.42. The number of hydrogen-bond donors (Lipinski definition) is 0.